The number of rotatable bonds is 6. The van der Waals surface area contributed by atoms with E-state index in [4.69, 9.17) is 4.74 Å². The Kier molecular flexibility index (Phi) is 6.32. The third-order valence-electron chi connectivity index (χ3n) is 2.47. The fourth-order valence-corrected chi connectivity index (χ4v) is 4.91. The summed E-state index contributed by atoms with van der Waals surface area (Å²) in [5.41, 5.74) is 1.40. The van der Waals surface area contributed by atoms with Gasteiger partial charge in [-0.3, -0.25) is 0 Å². The molecule has 0 aliphatic rings. The van der Waals surface area contributed by atoms with Crippen LogP contribution >= 0.6 is 0 Å². The van der Waals surface area contributed by atoms with Gasteiger partial charge in [0.15, 0.2) is 0 Å². The first kappa shape index (κ1) is 13.0. The van der Waals surface area contributed by atoms with Gasteiger partial charge in [-0.15, -0.1) is 0 Å². The summed E-state index contributed by atoms with van der Waals surface area (Å²) in [6, 6.07) is 8.75. The van der Waals surface area contributed by atoms with E-state index < -0.39 is 0 Å². The van der Waals surface area contributed by atoms with Gasteiger partial charge in [0, 0.05) is 0 Å². The van der Waals surface area contributed by atoms with Crippen LogP contribution in [0.1, 0.15) is 38.4 Å². The van der Waals surface area contributed by atoms with Crippen molar-refractivity contribution in [3.63, 3.8) is 0 Å². The van der Waals surface area contributed by atoms with E-state index in [1.807, 2.05) is 0 Å². The first-order chi connectivity index (χ1) is 7.29. The van der Waals surface area contributed by atoms with E-state index in [1.54, 1.807) is 10.7 Å². The maximum absolute atomic E-state index is 5.40. The Balaban J connectivity index is 2.68. The van der Waals surface area contributed by atoms with Crippen LogP contribution in [0.25, 0.3) is 0 Å². The second-order valence-electron chi connectivity index (χ2n) is 3.62. The van der Waals surface area contributed by atoms with Crippen molar-refractivity contribution < 1.29 is 4.74 Å². The van der Waals surface area contributed by atoms with Crippen molar-refractivity contribution in [1.82, 2.24) is 0 Å². The number of hydrogen-bond donors (Lipinski definition) is 0. The fourth-order valence-electron chi connectivity index (χ4n) is 1.40. The van der Waals surface area contributed by atoms with Crippen molar-refractivity contribution >= 4 is 24.5 Å². The molecule has 2 heteroatoms. The van der Waals surface area contributed by atoms with Gasteiger partial charge in [-0.05, 0) is 0 Å². The van der Waals surface area contributed by atoms with Gasteiger partial charge in [0.2, 0.25) is 0 Å². The van der Waals surface area contributed by atoms with Crippen LogP contribution in [-0.2, 0) is 4.74 Å². The fraction of sp³-hybridized carbons (Fsp3) is 0.538. The summed E-state index contributed by atoms with van der Waals surface area (Å²) in [5, 5.41) is 0. The molecule has 0 spiro atoms. The van der Waals surface area contributed by atoms with Crippen LogP contribution in [0.3, 0.4) is 0 Å². The summed E-state index contributed by atoms with van der Waals surface area (Å²) in [4.78, 5) is 0. The van der Waals surface area contributed by atoms with E-state index in [1.165, 1.54) is 22.9 Å². The molecule has 1 aromatic carbocycles. The Labute approximate surface area is 103 Å². The molecule has 84 valence electrons. The SMILES string of the molecule is CCCC[Te]c1ccccc1[C@H](C)OC. The quantitative estimate of drug-likeness (QED) is 0.578. The first-order valence-electron chi connectivity index (χ1n) is 5.54. The molecule has 1 rings (SSSR count). The molecule has 1 atom stereocenters. The van der Waals surface area contributed by atoms with Crippen molar-refractivity contribution in [3.8, 4) is 0 Å². The van der Waals surface area contributed by atoms with Crippen LogP contribution in [0.15, 0.2) is 24.3 Å². The third-order valence-corrected chi connectivity index (χ3v) is 5.82. The molecule has 0 radical (unpaired) electrons. The average Bonchev–Trinajstić information content (AvgIpc) is 2.29. The second-order valence-corrected chi connectivity index (χ2v) is 6.86. The van der Waals surface area contributed by atoms with Gasteiger partial charge >= 0.3 is 103 Å². The van der Waals surface area contributed by atoms with Gasteiger partial charge in [-0.1, -0.05) is 0 Å². The molecule has 0 heterocycles. The number of unbranched alkanes of at least 4 members (excludes halogenated alkanes) is 1. The third kappa shape index (κ3) is 4.15. The van der Waals surface area contributed by atoms with Crippen molar-refractivity contribution in [2.45, 2.75) is 37.3 Å². The van der Waals surface area contributed by atoms with Crippen molar-refractivity contribution in [1.29, 1.82) is 0 Å². The number of benzene rings is 1. The van der Waals surface area contributed by atoms with Crippen molar-refractivity contribution in [3.05, 3.63) is 29.8 Å². The van der Waals surface area contributed by atoms with Crippen molar-refractivity contribution in [2.24, 2.45) is 0 Å². The van der Waals surface area contributed by atoms with Gasteiger partial charge in [0.1, 0.15) is 0 Å². The molecule has 0 bridgehead atoms. The molecular weight excluding hydrogens is 300 g/mol. The zero-order chi connectivity index (χ0) is 11.1. The summed E-state index contributed by atoms with van der Waals surface area (Å²) in [7, 11) is 1.79. The molecule has 0 aromatic heterocycles. The molecule has 15 heavy (non-hydrogen) atoms. The maximum atomic E-state index is 5.40. The molecule has 0 aliphatic carbocycles. The molecule has 0 unspecified atom stereocenters. The predicted octanol–water partition coefficient (Wildman–Crippen LogP) is 2.94. The standard InChI is InChI=1S/C13H20OTe/c1-4-5-10-15-13-9-7-6-8-12(13)11(2)14-3/h6-9,11H,4-5,10H2,1-3H3/t11-/m0/s1. The van der Waals surface area contributed by atoms with Crippen LogP contribution in [0.2, 0.25) is 4.47 Å². The summed E-state index contributed by atoms with van der Waals surface area (Å²) < 4.78 is 8.39. The number of hydrogen-bond acceptors (Lipinski definition) is 1. The van der Waals surface area contributed by atoms with Gasteiger partial charge in [-0.25, -0.2) is 0 Å². The molecule has 0 saturated carbocycles. The Morgan fingerprint density at radius 2 is 2.07 bits per heavy atom. The summed E-state index contributed by atoms with van der Waals surface area (Å²) in [6.45, 7) is 4.39. The Morgan fingerprint density at radius 3 is 2.73 bits per heavy atom. The van der Waals surface area contributed by atoms with Crippen LogP contribution < -0.4 is 3.61 Å². The van der Waals surface area contributed by atoms with Crippen LogP contribution in [0.5, 0.6) is 0 Å². The van der Waals surface area contributed by atoms with E-state index in [2.05, 4.69) is 38.1 Å². The van der Waals surface area contributed by atoms with Crippen LogP contribution in [0.4, 0.5) is 0 Å². The van der Waals surface area contributed by atoms with Crippen LogP contribution in [0, 0.1) is 0 Å². The van der Waals surface area contributed by atoms with Gasteiger partial charge in [0.05, 0.1) is 0 Å². The van der Waals surface area contributed by atoms with E-state index in [9.17, 15) is 0 Å². The topological polar surface area (TPSA) is 9.23 Å². The predicted molar refractivity (Wildman–Crippen MR) is 67.0 cm³/mol. The van der Waals surface area contributed by atoms with E-state index in [-0.39, 0.29) is 27.0 Å². The van der Waals surface area contributed by atoms with Gasteiger partial charge in [-0.2, -0.15) is 0 Å². The van der Waals surface area contributed by atoms with Gasteiger partial charge in [0.25, 0.3) is 0 Å². The minimum atomic E-state index is -0.00269. The Hall–Kier alpha value is -0.0304. The molecule has 1 aromatic rings. The van der Waals surface area contributed by atoms with Gasteiger partial charge < -0.3 is 0 Å². The molecule has 0 aliphatic heterocycles. The average molecular weight is 320 g/mol. The van der Waals surface area contributed by atoms with E-state index in [0.29, 0.717) is 0 Å². The molecular formula is C13H20OTe. The Morgan fingerprint density at radius 1 is 1.33 bits per heavy atom. The van der Waals surface area contributed by atoms with Crippen LogP contribution in [-0.4, -0.2) is 28.0 Å². The van der Waals surface area contributed by atoms with E-state index >= 15 is 0 Å². The summed E-state index contributed by atoms with van der Waals surface area (Å²) in [6.07, 6.45) is 2.93. The Bertz CT molecular complexity index is 286. The molecule has 0 fully saturated rings. The number of ether oxygens (including phenoxy) is 1. The molecule has 1 nitrogen and oxygen atoms in total. The summed E-state index contributed by atoms with van der Waals surface area (Å²) >= 11 is -0.00269. The number of methoxy groups -OCH3 is 1. The van der Waals surface area contributed by atoms with Crippen molar-refractivity contribution in [2.75, 3.05) is 7.11 Å². The minimum absolute atomic E-state index is 0.00269. The van der Waals surface area contributed by atoms with E-state index in [0.717, 1.165) is 0 Å². The zero-order valence-corrected chi connectivity index (χ0v) is 12.2. The monoisotopic (exact) mass is 322 g/mol. The summed E-state index contributed by atoms with van der Waals surface area (Å²) in [5.74, 6) is 0. The molecule has 0 saturated heterocycles. The normalized spacial score (nSPS) is 12.7. The zero-order valence-electron chi connectivity index (χ0n) is 9.82. The second kappa shape index (κ2) is 7.28. The molecule has 0 N–H and O–H groups in total. The molecule has 0 amide bonds. The first-order valence-corrected chi connectivity index (χ1v) is 8.35.